The van der Waals surface area contributed by atoms with Crippen LogP contribution in [0, 0.1) is 0 Å². The molecule has 0 aliphatic carbocycles. The van der Waals surface area contributed by atoms with Gasteiger partial charge >= 0.3 is 5.97 Å². The first-order chi connectivity index (χ1) is 12.3. The van der Waals surface area contributed by atoms with Crippen molar-refractivity contribution in [3.63, 3.8) is 0 Å². The van der Waals surface area contributed by atoms with Crippen LogP contribution in [0.1, 0.15) is 17.3 Å². The van der Waals surface area contributed by atoms with Gasteiger partial charge in [0, 0.05) is 12.6 Å². The molecule has 0 atom stereocenters. The summed E-state index contributed by atoms with van der Waals surface area (Å²) in [7, 11) is 1.28. The molecule has 0 radical (unpaired) electrons. The molecule has 6 nitrogen and oxygen atoms in total. The Labute approximate surface area is 160 Å². The molecule has 26 heavy (non-hydrogen) atoms. The predicted octanol–water partition coefficient (Wildman–Crippen LogP) is 3.77. The SMILES string of the molecule is COC(=O)c1ccc(N(CC(=O)Nc2c(Cl)cccc2Cl)C(C)=O)cc1. The van der Waals surface area contributed by atoms with Crippen LogP contribution in [-0.2, 0) is 14.3 Å². The smallest absolute Gasteiger partial charge is 0.337 e. The fourth-order valence-corrected chi connectivity index (χ4v) is 2.71. The van der Waals surface area contributed by atoms with Crippen LogP contribution in [0.15, 0.2) is 42.5 Å². The Balaban J connectivity index is 2.16. The van der Waals surface area contributed by atoms with E-state index < -0.39 is 11.9 Å². The third-order valence-electron chi connectivity index (χ3n) is 3.51. The number of nitrogens with zero attached hydrogens (tertiary/aromatic N) is 1. The number of hydrogen-bond acceptors (Lipinski definition) is 4. The van der Waals surface area contributed by atoms with E-state index in [1.165, 1.54) is 31.1 Å². The Hall–Kier alpha value is -2.57. The van der Waals surface area contributed by atoms with Crippen LogP contribution in [-0.4, -0.2) is 31.4 Å². The van der Waals surface area contributed by atoms with Crippen molar-refractivity contribution >= 4 is 52.4 Å². The number of amides is 2. The summed E-state index contributed by atoms with van der Waals surface area (Å²) in [5.74, 6) is -1.29. The molecule has 0 aliphatic rings. The summed E-state index contributed by atoms with van der Waals surface area (Å²) in [5.41, 5.74) is 1.09. The van der Waals surface area contributed by atoms with Crippen molar-refractivity contribution < 1.29 is 19.1 Å². The highest BCUT2D eigenvalue weighted by atomic mass is 35.5. The fraction of sp³-hybridized carbons (Fsp3) is 0.167. The molecule has 0 bridgehead atoms. The number of anilines is 2. The molecule has 2 aromatic carbocycles. The molecule has 0 aromatic heterocycles. The van der Waals surface area contributed by atoms with Gasteiger partial charge in [-0.3, -0.25) is 9.59 Å². The fourth-order valence-electron chi connectivity index (χ4n) is 2.22. The van der Waals surface area contributed by atoms with Gasteiger partial charge in [-0.1, -0.05) is 29.3 Å². The van der Waals surface area contributed by atoms with Gasteiger partial charge in [0.05, 0.1) is 28.4 Å². The molecule has 0 fully saturated rings. The Morgan fingerprint density at radius 3 is 2.12 bits per heavy atom. The van der Waals surface area contributed by atoms with Gasteiger partial charge in [0.2, 0.25) is 11.8 Å². The lowest BCUT2D eigenvalue weighted by atomic mass is 10.2. The molecule has 136 valence electrons. The number of carbonyl (C=O) groups excluding carboxylic acids is 3. The van der Waals surface area contributed by atoms with Crippen LogP contribution >= 0.6 is 23.2 Å². The zero-order valence-electron chi connectivity index (χ0n) is 14.1. The normalized spacial score (nSPS) is 10.2. The maximum absolute atomic E-state index is 12.3. The second-order valence-electron chi connectivity index (χ2n) is 5.29. The number of rotatable bonds is 5. The van der Waals surface area contributed by atoms with Gasteiger partial charge in [-0.05, 0) is 36.4 Å². The van der Waals surface area contributed by atoms with E-state index in [2.05, 4.69) is 10.1 Å². The van der Waals surface area contributed by atoms with Crippen molar-refractivity contribution in [2.45, 2.75) is 6.92 Å². The summed E-state index contributed by atoms with van der Waals surface area (Å²) >= 11 is 12.1. The minimum absolute atomic E-state index is 0.242. The molecule has 0 heterocycles. The van der Waals surface area contributed by atoms with Crippen molar-refractivity contribution in [2.75, 3.05) is 23.9 Å². The van der Waals surface area contributed by atoms with Crippen molar-refractivity contribution in [3.8, 4) is 0 Å². The highest BCUT2D eigenvalue weighted by Crippen LogP contribution is 2.29. The van der Waals surface area contributed by atoms with Crippen LogP contribution in [0.2, 0.25) is 10.0 Å². The van der Waals surface area contributed by atoms with Gasteiger partial charge in [0.1, 0.15) is 6.54 Å². The van der Waals surface area contributed by atoms with Gasteiger partial charge < -0.3 is 15.0 Å². The predicted molar refractivity (Wildman–Crippen MR) is 101 cm³/mol. The second-order valence-corrected chi connectivity index (χ2v) is 6.10. The summed E-state index contributed by atoms with van der Waals surface area (Å²) in [6, 6.07) is 11.0. The van der Waals surface area contributed by atoms with Gasteiger partial charge in [-0.2, -0.15) is 0 Å². The number of esters is 1. The number of carbonyl (C=O) groups is 3. The number of methoxy groups -OCH3 is 1. The number of ether oxygens (including phenoxy) is 1. The third-order valence-corrected chi connectivity index (χ3v) is 4.14. The van der Waals surface area contributed by atoms with Crippen LogP contribution in [0.3, 0.4) is 0 Å². The number of nitrogens with one attached hydrogen (secondary N) is 1. The molecule has 0 saturated heterocycles. The molecule has 2 rings (SSSR count). The van der Waals surface area contributed by atoms with Gasteiger partial charge in [-0.25, -0.2) is 4.79 Å². The number of para-hydroxylation sites is 1. The van der Waals surface area contributed by atoms with E-state index in [0.717, 1.165) is 0 Å². The monoisotopic (exact) mass is 394 g/mol. The Bertz CT molecular complexity index is 817. The average molecular weight is 395 g/mol. The summed E-state index contributed by atoms with van der Waals surface area (Å²) in [6.07, 6.45) is 0. The van der Waals surface area contributed by atoms with Gasteiger partial charge in [-0.15, -0.1) is 0 Å². The number of hydrogen-bond donors (Lipinski definition) is 1. The Morgan fingerprint density at radius 2 is 1.62 bits per heavy atom. The van der Waals surface area contributed by atoms with Crippen LogP contribution in [0.5, 0.6) is 0 Å². The summed E-state index contributed by atoms with van der Waals surface area (Å²) in [5, 5.41) is 3.19. The van der Waals surface area contributed by atoms with E-state index >= 15 is 0 Å². The zero-order valence-corrected chi connectivity index (χ0v) is 15.6. The van der Waals surface area contributed by atoms with E-state index in [1.807, 2.05) is 0 Å². The van der Waals surface area contributed by atoms with Gasteiger partial charge in [0.25, 0.3) is 0 Å². The third kappa shape index (κ3) is 4.74. The average Bonchev–Trinajstić information content (AvgIpc) is 2.62. The molecular weight excluding hydrogens is 379 g/mol. The van der Waals surface area contributed by atoms with E-state index in [-0.39, 0.29) is 18.1 Å². The standard InChI is InChI=1S/C18H16Cl2N2O4/c1-11(23)22(13-8-6-12(7-9-13)18(25)26-2)10-16(24)21-17-14(19)4-3-5-15(17)20/h3-9H,10H2,1-2H3,(H,21,24). The van der Waals surface area contributed by atoms with Crippen molar-refractivity contribution in [3.05, 3.63) is 58.1 Å². The second kappa shape index (κ2) is 8.69. The van der Waals surface area contributed by atoms with Crippen molar-refractivity contribution in [1.82, 2.24) is 0 Å². The molecule has 2 amide bonds. The first kappa shape index (κ1) is 19.8. The van der Waals surface area contributed by atoms with E-state index in [9.17, 15) is 14.4 Å². The molecule has 0 spiro atoms. The molecule has 0 saturated carbocycles. The van der Waals surface area contributed by atoms with Crippen molar-refractivity contribution in [1.29, 1.82) is 0 Å². The zero-order chi connectivity index (χ0) is 19.3. The maximum Gasteiger partial charge on any atom is 0.337 e. The highest BCUT2D eigenvalue weighted by Gasteiger charge is 2.18. The lowest BCUT2D eigenvalue weighted by molar-refractivity contribution is -0.120. The van der Waals surface area contributed by atoms with Gasteiger partial charge in [0.15, 0.2) is 0 Å². The first-order valence-corrected chi connectivity index (χ1v) is 8.29. The molecule has 0 unspecified atom stereocenters. The maximum atomic E-state index is 12.3. The van der Waals surface area contributed by atoms with E-state index in [0.29, 0.717) is 21.3 Å². The molecular formula is C18H16Cl2N2O4. The molecule has 2 aromatic rings. The van der Waals surface area contributed by atoms with Crippen LogP contribution < -0.4 is 10.2 Å². The topological polar surface area (TPSA) is 75.7 Å². The summed E-state index contributed by atoms with van der Waals surface area (Å²) in [6.45, 7) is 1.10. The number of benzene rings is 2. The molecule has 8 heteroatoms. The van der Waals surface area contributed by atoms with Crippen molar-refractivity contribution in [2.24, 2.45) is 0 Å². The lowest BCUT2D eigenvalue weighted by Gasteiger charge is -2.21. The Kier molecular flexibility index (Phi) is 6.60. The lowest BCUT2D eigenvalue weighted by Crippen LogP contribution is -2.36. The molecule has 0 aliphatic heterocycles. The first-order valence-electron chi connectivity index (χ1n) is 7.54. The van der Waals surface area contributed by atoms with E-state index in [1.54, 1.807) is 30.3 Å². The minimum atomic E-state index is -0.489. The Morgan fingerprint density at radius 1 is 1.04 bits per heavy atom. The van der Waals surface area contributed by atoms with Crippen LogP contribution in [0.25, 0.3) is 0 Å². The molecule has 1 N–H and O–H groups in total. The highest BCUT2D eigenvalue weighted by molar-refractivity contribution is 6.39. The number of halogens is 2. The largest absolute Gasteiger partial charge is 0.465 e. The summed E-state index contributed by atoms with van der Waals surface area (Å²) < 4.78 is 4.63. The van der Waals surface area contributed by atoms with Crippen LogP contribution in [0.4, 0.5) is 11.4 Å². The minimum Gasteiger partial charge on any atom is -0.465 e. The quantitative estimate of drug-likeness (QED) is 0.782. The summed E-state index contributed by atoms with van der Waals surface area (Å²) in [4.78, 5) is 37.0. The van der Waals surface area contributed by atoms with E-state index in [4.69, 9.17) is 23.2 Å².